The lowest BCUT2D eigenvalue weighted by molar-refractivity contribution is 0.405. The first-order chi connectivity index (χ1) is 10.3. The Morgan fingerprint density at radius 1 is 1.14 bits per heavy atom. The first-order valence-electron chi connectivity index (χ1n) is 6.94. The molecule has 1 aromatic carbocycles. The summed E-state index contributed by atoms with van der Waals surface area (Å²) in [7, 11) is 1.69. The maximum Gasteiger partial charge on any atom is 0.160 e. The maximum atomic E-state index is 5.37. The summed E-state index contributed by atoms with van der Waals surface area (Å²) in [4.78, 5) is 0. The number of para-hydroxylation sites is 1. The van der Waals surface area contributed by atoms with E-state index in [4.69, 9.17) is 4.74 Å². The molecule has 3 aromatic rings. The molecule has 0 bridgehead atoms. The third-order valence-electron chi connectivity index (χ3n) is 3.52. The van der Waals surface area contributed by atoms with Crippen molar-refractivity contribution in [3.8, 4) is 5.75 Å². The van der Waals surface area contributed by atoms with Crippen molar-refractivity contribution in [3.63, 3.8) is 0 Å². The molecule has 0 radical (unpaired) electrons. The molecule has 5 nitrogen and oxygen atoms in total. The van der Waals surface area contributed by atoms with Crippen LogP contribution in [0.3, 0.4) is 0 Å². The Hall–Kier alpha value is -2.40. The average Bonchev–Trinajstić information content (AvgIpc) is 2.97. The Morgan fingerprint density at radius 2 is 1.95 bits per heavy atom. The van der Waals surface area contributed by atoms with Gasteiger partial charge in [-0.25, -0.2) is 0 Å². The molecule has 3 rings (SSSR count). The van der Waals surface area contributed by atoms with Gasteiger partial charge in [-0.15, -0.1) is 10.2 Å². The van der Waals surface area contributed by atoms with E-state index >= 15 is 0 Å². The highest BCUT2D eigenvalue weighted by molar-refractivity contribution is 5.37. The zero-order chi connectivity index (χ0) is 14.7. The van der Waals surface area contributed by atoms with Crippen LogP contribution in [0.1, 0.15) is 24.4 Å². The second-order valence-corrected chi connectivity index (χ2v) is 4.90. The number of hydrogen-bond acceptors (Lipinski definition) is 4. The summed E-state index contributed by atoms with van der Waals surface area (Å²) in [6, 6.07) is 14.0. The number of rotatable bonds is 5. The predicted octanol–water partition coefficient (Wildman–Crippen LogP) is 2.59. The number of ether oxygens (including phenoxy) is 1. The van der Waals surface area contributed by atoms with Crippen LogP contribution >= 0.6 is 0 Å². The number of fused-ring (bicyclic) bond motifs is 1. The predicted molar refractivity (Wildman–Crippen MR) is 81.2 cm³/mol. The first kappa shape index (κ1) is 13.6. The third kappa shape index (κ3) is 2.73. The van der Waals surface area contributed by atoms with Crippen LogP contribution in [0.2, 0.25) is 0 Å². The minimum absolute atomic E-state index is 0.0901. The lowest BCUT2D eigenvalue weighted by atomic mass is 10.2. The van der Waals surface area contributed by atoms with Crippen molar-refractivity contribution in [2.45, 2.75) is 19.5 Å². The van der Waals surface area contributed by atoms with Crippen LogP contribution in [0.5, 0.6) is 5.75 Å². The van der Waals surface area contributed by atoms with E-state index in [-0.39, 0.29) is 6.04 Å². The SMILES string of the molecule is COc1ccccc1CN[C@@H](C)c1nnc2ccccn12. The fraction of sp³-hybridized carbons (Fsp3) is 0.250. The van der Waals surface area contributed by atoms with Crippen LogP contribution in [-0.4, -0.2) is 21.7 Å². The minimum Gasteiger partial charge on any atom is -0.496 e. The van der Waals surface area contributed by atoms with E-state index in [1.807, 2.05) is 47.0 Å². The zero-order valence-electron chi connectivity index (χ0n) is 12.2. The van der Waals surface area contributed by atoms with Gasteiger partial charge < -0.3 is 10.1 Å². The number of hydrogen-bond donors (Lipinski definition) is 1. The minimum atomic E-state index is 0.0901. The molecule has 21 heavy (non-hydrogen) atoms. The van der Waals surface area contributed by atoms with E-state index in [0.29, 0.717) is 6.54 Å². The summed E-state index contributed by atoms with van der Waals surface area (Å²) in [5.74, 6) is 1.80. The molecule has 0 amide bonds. The lowest BCUT2D eigenvalue weighted by Gasteiger charge is -2.14. The standard InChI is InChI=1S/C16H18N4O/c1-12(16-19-18-15-9-5-6-10-20(15)16)17-11-13-7-3-4-8-14(13)21-2/h3-10,12,17H,11H2,1-2H3/t12-/m0/s1. The molecule has 0 aliphatic heterocycles. The molecular weight excluding hydrogens is 264 g/mol. The van der Waals surface area contributed by atoms with Gasteiger partial charge in [0.25, 0.3) is 0 Å². The molecular formula is C16H18N4O. The number of pyridine rings is 1. The fourth-order valence-electron chi connectivity index (χ4n) is 2.36. The van der Waals surface area contributed by atoms with Gasteiger partial charge in [-0.3, -0.25) is 4.40 Å². The molecule has 1 N–H and O–H groups in total. The monoisotopic (exact) mass is 282 g/mol. The van der Waals surface area contributed by atoms with Gasteiger partial charge in [-0.1, -0.05) is 24.3 Å². The lowest BCUT2D eigenvalue weighted by Crippen LogP contribution is -2.20. The maximum absolute atomic E-state index is 5.37. The van der Waals surface area contributed by atoms with Crippen molar-refractivity contribution < 1.29 is 4.74 Å². The summed E-state index contributed by atoms with van der Waals surface area (Å²) in [6.45, 7) is 2.80. The largest absolute Gasteiger partial charge is 0.496 e. The topological polar surface area (TPSA) is 51.5 Å². The molecule has 0 fully saturated rings. The molecule has 0 aliphatic carbocycles. The van der Waals surface area contributed by atoms with E-state index in [1.165, 1.54) is 0 Å². The van der Waals surface area contributed by atoms with E-state index in [1.54, 1.807) is 7.11 Å². The molecule has 2 heterocycles. The van der Waals surface area contributed by atoms with Crippen LogP contribution in [-0.2, 0) is 6.54 Å². The molecule has 0 spiro atoms. The second kappa shape index (κ2) is 5.93. The number of benzene rings is 1. The van der Waals surface area contributed by atoms with Crippen LogP contribution in [0.4, 0.5) is 0 Å². The van der Waals surface area contributed by atoms with Crippen LogP contribution in [0.15, 0.2) is 48.7 Å². The molecule has 108 valence electrons. The highest BCUT2D eigenvalue weighted by Gasteiger charge is 2.13. The van der Waals surface area contributed by atoms with E-state index < -0.39 is 0 Å². The van der Waals surface area contributed by atoms with E-state index in [9.17, 15) is 0 Å². The van der Waals surface area contributed by atoms with Gasteiger partial charge in [0, 0.05) is 18.3 Å². The summed E-state index contributed by atoms with van der Waals surface area (Å²) < 4.78 is 7.37. The third-order valence-corrected chi connectivity index (χ3v) is 3.52. The molecule has 2 aromatic heterocycles. The van der Waals surface area contributed by atoms with Crippen molar-refractivity contribution in [2.75, 3.05) is 7.11 Å². The Labute approximate surface area is 123 Å². The molecule has 5 heteroatoms. The number of nitrogens with one attached hydrogen (secondary N) is 1. The molecule has 0 aliphatic rings. The normalized spacial score (nSPS) is 12.5. The molecule has 1 atom stereocenters. The number of nitrogens with zero attached hydrogens (tertiary/aromatic N) is 3. The smallest absolute Gasteiger partial charge is 0.160 e. The number of aromatic nitrogens is 3. The Kier molecular flexibility index (Phi) is 3.83. The first-order valence-corrected chi connectivity index (χ1v) is 6.94. The van der Waals surface area contributed by atoms with Gasteiger partial charge in [0.15, 0.2) is 11.5 Å². The van der Waals surface area contributed by atoms with Crippen molar-refractivity contribution in [1.82, 2.24) is 19.9 Å². The summed E-state index contributed by atoms with van der Waals surface area (Å²) in [5.41, 5.74) is 1.99. The van der Waals surface area contributed by atoms with Crippen molar-refractivity contribution in [3.05, 3.63) is 60.0 Å². The van der Waals surface area contributed by atoms with Crippen LogP contribution < -0.4 is 10.1 Å². The molecule has 0 saturated heterocycles. The Balaban J connectivity index is 1.76. The highest BCUT2D eigenvalue weighted by Crippen LogP contribution is 2.19. The van der Waals surface area contributed by atoms with Crippen molar-refractivity contribution in [2.24, 2.45) is 0 Å². The summed E-state index contributed by atoms with van der Waals surface area (Å²) >= 11 is 0. The fourth-order valence-corrected chi connectivity index (χ4v) is 2.36. The quantitative estimate of drug-likeness (QED) is 0.781. The van der Waals surface area contributed by atoms with Gasteiger partial charge in [0.1, 0.15) is 5.75 Å². The van der Waals surface area contributed by atoms with Crippen molar-refractivity contribution >= 4 is 5.65 Å². The van der Waals surface area contributed by atoms with Gasteiger partial charge in [0.2, 0.25) is 0 Å². The van der Waals surface area contributed by atoms with Gasteiger partial charge >= 0.3 is 0 Å². The Morgan fingerprint density at radius 3 is 2.81 bits per heavy atom. The van der Waals surface area contributed by atoms with Gasteiger partial charge in [-0.05, 0) is 25.1 Å². The Bertz CT molecular complexity index is 738. The van der Waals surface area contributed by atoms with Gasteiger partial charge in [-0.2, -0.15) is 0 Å². The highest BCUT2D eigenvalue weighted by atomic mass is 16.5. The average molecular weight is 282 g/mol. The number of methoxy groups -OCH3 is 1. The summed E-state index contributed by atoms with van der Waals surface area (Å²) in [5, 5.41) is 11.9. The molecule has 0 saturated carbocycles. The molecule has 0 unspecified atom stereocenters. The van der Waals surface area contributed by atoms with Gasteiger partial charge in [0.05, 0.1) is 13.2 Å². The van der Waals surface area contributed by atoms with E-state index in [2.05, 4.69) is 28.5 Å². The zero-order valence-corrected chi connectivity index (χ0v) is 12.2. The van der Waals surface area contributed by atoms with E-state index in [0.717, 1.165) is 22.8 Å². The second-order valence-electron chi connectivity index (χ2n) is 4.90. The van der Waals surface area contributed by atoms with Crippen LogP contribution in [0, 0.1) is 0 Å². The summed E-state index contributed by atoms with van der Waals surface area (Å²) in [6.07, 6.45) is 1.98. The van der Waals surface area contributed by atoms with Crippen molar-refractivity contribution in [1.29, 1.82) is 0 Å². The van der Waals surface area contributed by atoms with Crippen LogP contribution in [0.25, 0.3) is 5.65 Å².